The number of nitrogens with one attached hydrogen (secondary N) is 1. The Labute approximate surface area is 127 Å². The van der Waals surface area contributed by atoms with Crippen LogP contribution >= 0.6 is 11.8 Å². The molecular weight excluding hydrogens is 292 g/mol. The minimum atomic E-state index is -0.0545. The van der Waals surface area contributed by atoms with Crippen LogP contribution in [0.5, 0.6) is 0 Å². The second kappa shape index (κ2) is 7.28. The summed E-state index contributed by atoms with van der Waals surface area (Å²) in [6.07, 6.45) is 1.62. The van der Waals surface area contributed by atoms with Gasteiger partial charge in [-0.05, 0) is 13.0 Å². The number of nitrogens with zero attached hydrogens (tertiary/aromatic N) is 3. The third-order valence-electron chi connectivity index (χ3n) is 2.90. The van der Waals surface area contributed by atoms with Crippen LogP contribution in [0.3, 0.4) is 0 Å². The topological polar surface area (TPSA) is 82.2 Å². The Bertz CT molecular complexity index is 608. The molecule has 0 radical (unpaired) electrons. The van der Waals surface area contributed by atoms with Gasteiger partial charge in [-0.2, -0.15) is 0 Å². The Morgan fingerprint density at radius 2 is 2.33 bits per heavy atom. The average Bonchev–Trinajstić information content (AvgIpc) is 3.03. The van der Waals surface area contributed by atoms with Crippen molar-refractivity contribution in [3.05, 3.63) is 18.1 Å². The lowest BCUT2D eigenvalue weighted by Crippen LogP contribution is -2.28. The van der Waals surface area contributed by atoms with Crippen LogP contribution in [0.4, 0.5) is 0 Å². The molecule has 0 atom stereocenters. The van der Waals surface area contributed by atoms with Crippen LogP contribution < -0.4 is 5.32 Å². The van der Waals surface area contributed by atoms with Crippen molar-refractivity contribution in [1.82, 2.24) is 20.1 Å². The summed E-state index contributed by atoms with van der Waals surface area (Å²) in [5.74, 6) is 1.75. The molecule has 0 aromatic carbocycles. The van der Waals surface area contributed by atoms with E-state index in [1.54, 1.807) is 13.4 Å². The van der Waals surface area contributed by atoms with Crippen LogP contribution in [0.2, 0.25) is 0 Å². The fraction of sp³-hybridized carbons (Fsp3) is 0.462. The molecule has 21 heavy (non-hydrogen) atoms. The number of hydrogen-bond acceptors (Lipinski definition) is 6. The van der Waals surface area contributed by atoms with Gasteiger partial charge in [-0.3, -0.25) is 4.79 Å². The lowest BCUT2D eigenvalue weighted by molar-refractivity contribution is -0.118. The number of carbonyl (C=O) groups is 1. The molecule has 2 aromatic heterocycles. The number of hydrogen-bond donors (Lipinski definition) is 1. The highest BCUT2D eigenvalue weighted by Gasteiger charge is 2.15. The maximum absolute atomic E-state index is 11.6. The maximum Gasteiger partial charge on any atom is 0.230 e. The van der Waals surface area contributed by atoms with Crippen LogP contribution in [-0.2, 0) is 16.6 Å². The summed E-state index contributed by atoms with van der Waals surface area (Å²) >= 11 is 1.34. The van der Waals surface area contributed by atoms with E-state index in [4.69, 9.17) is 9.15 Å². The molecule has 1 N–H and O–H groups in total. The zero-order chi connectivity index (χ0) is 15.2. The summed E-state index contributed by atoms with van der Waals surface area (Å²) < 4.78 is 12.0. The molecule has 0 bridgehead atoms. The van der Waals surface area contributed by atoms with E-state index in [-0.39, 0.29) is 5.91 Å². The summed E-state index contributed by atoms with van der Waals surface area (Å²) in [5, 5.41) is 11.7. The van der Waals surface area contributed by atoms with Gasteiger partial charge >= 0.3 is 0 Å². The van der Waals surface area contributed by atoms with Crippen molar-refractivity contribution in [3.63, 3.8) is 0 Å². The number of furan rings is 1. The minimum Gasteiger partial charge on any atom is -0.469 e. The first-order valence-electron chi connectivity index (χ1n) is 6.45. The van der Waals surface area contributed by atoms with Crippen molar-refractivity contribution < 1.29 is 13.9 Å². The number of methoxy groups -OCH3 is 1. The average molecular weight is 310 g/mol. The highest BCUT2D eigenvalue weighted by molar-refractivity contribution is 7.99. The number of aromatic nitrogens is 3. The number of thioether (sulfide) groups is 1. The van der Waals surface area contributed by atoms with Crippen molar-refractivity contribution in [2.45, 2.75) is 12.1 Å². The normalized spacial score (nSPS) is 10.8. The Balaban J connectivity index is 1.95. The monoisotopic (exact) mass is 310 g/mol. The van der Waals surface area contributed by atoms with Crippen molar-refractivity contribution in [3.8, 4) is 11.4 Å². The molecule has 8 heteroatoms. The molecule has 0 saturated carbocycles. The standard InChI is InChI=1S/C13H18N4O3S/c1-9-10(4-6-20-9)12-15-16-13(17(12)2)21-8-11(18)14-5-7-19-3/h4,6H,5,7-8H2,1-3H3,(H,14,18). The quantitative estimate of drug-likeness (QED) is 0.612. The smallest absolute Gasteiger partial charge is 0.230 e. The molecule has 0 aliphatic rings. The highest BCUT2D eigenvalue weighted by Crippen LogP contribution is 2.25. The fourth-order valence-electron chi connectivity index (χ4n) is 1.77. The summed E-state index contributed by atoms with van der Waals surface area (Å²) in [7, 11) is 3.47. The van der Waals surface area contributed by atoms with Crippen molar-refractivity contribution >= 4 is 17.7 Å². The highest BCUT2D eigenvalue weighted by atomic mass is 32.2. The lowest BCUT2D eigenvalue weighted by atomic mass is 10.2. The molecule has 2 aromatic rings. The lowest BCUT2D eigenvalue weighted by Gasteiger charge is -2.04. The third kappa shape index (κ3) is 3.85. The summed E-state index contributed by atoms with van der Waals surface area (Å²) in [5.41, 5.74) is 0.904. The zero-order valence-electron chi connectivity index (χ0n) is 12.3. The molecule has 114 valence electrons. The Kier molecular flexibility index (Phi) is 5.40. The molecular formula is C13H18N4O3S. The SMILES string of the molecule is COCCNC(=O)CSc1nnc(-c2ccoc2C)n1C. The van der Waals surface area contributed by atoms with E-state index in [0.717, 1.165) is 17.1 Å². The van der Waals surface area contributed by atoms with Crippen molar-refractivity contribution in [2.75, 3.05) is 26.0 Å². The molecule has 0 unspecified atom stereocenters. The van der Waals surface area contributed by atoms with Gasteiger partial charge in [0.15, 0.2) is 11.0 Å². The molecule has 2 heterocycles. The molecule has 7 nitrogen and oxygen atoms in total. The Morgan fingerprint density at radius 3 is 3.00 bits per heavy atom. The largest absolute Gasteiger partial charge is 0.469 e. The number of carbonyl (C=O) groups excluding carboxylic acids is 1. The van der Waals surface area contributed by atoms with E-state index < -0.39 is 0 Å². The van der Waals surface area contributed by atoms with Gasteiger partial charge in [0.1, 0.15) is 5.76 Å². The van der Waals surface area contributed by atoms with Gasteiger partial charge in [0.05, 0.1) is 24.2 Å². The van der Waals surface area contributed by atoms with E-state index in [9.17, 15) is 4.79 Å². The Hall–Kier alpha value is -1.80. The molecule has 1 amide bonds. The predicted molar refractivity (Wildman–Crippen MR) is 79.1 cm³/mol. The van der Waals surface area contributed by atoms with Gasteiger partial charge in [-0.15, -0.1) is 10.2 Å². The molecule has 0 fully saturated rings. The predicted octanol–water partition coefficient (Wildman–Crippen LogP) is 1.24. The molecule has 0 aliphatic heterocycles. The maximum atomic E-state index is 11.6. The number of aryl methyl sites for hydroxylation is 1. The summed E-state index contributed by atoms with van der Waals surface area (Å²) in [6, 6.07) is 1.85. The van der Waals surface area contributed by atoms with Crippen LogP contribution in [0.25, 0.3) is 11.4 Å². The summed E-state index contributed by atoms with van der Waals surface area (Å²) in [6.45, 7) is 2.89. The van der Waals surface area contributed by atoms with Gasteiger partial charge in [0, 0.05) is 20.7 Å². The number of amides is 1. The molecule has 0 spiro atoms. The van der Waals surface area contributed by atoms with Crippen LogP contribution in [0.15, 0.2) is 21.9 Å². The van der Waals surface area contributed by atoms with Gasteiger partial charge in [0.25, 0.3) is 0 Å². The zero-order valence-corrected chi connectivity index (χ0v) is 13.1. The Morgan fingerprint density at radius 1 is 1.52 bits per heavy atom. The van der Waals surface area contributed by atoms with E-state index in [0.29, 0.717) is 24.1 Å². The van der Waals surface area contributed by atoms with Crippen molar-refractivity contribution in [1.29, 1.82) is 0 Å². The van der Waals surface area contributed by atoms with E-state index in [2.05, 4.69) is 15.5 Å². The van der Waals surface area contributed by atoms with E-state index in [1.165, 1.54) is 11.8 Å². The van der Waals surface area contributed by atoms with Gasteiger partial charge in [-0.1, -0.05) is 11.8 Å². The first-order valence-corrected chi connectivity index (χ1v) is 7.44. The second-order valence-electron chi connectivity index (χ2n) is 4.39. The molecule has 2 rings (SSSR count). The number of rotatable bonds is 7. The second-order valence-corrected chi connectivity index (χ2v) is 5.33. The first kappa shape index (κ1) is 15.6. The van der Waals surface area contributed by atoms with Gasteiger partial charge in [0.2, 0.25) is 5.91 Å². The fourth-order valence-corrected chi connectivity index (χ4v) is 2.51. The van der Waals surface area contributed by atoms with Crippen LogP contribution in [-0.4, -0.2) is 46.7 Å². The first-order chi connectivity index (χ1) is 10.1. The molecule has 0 saturated heterocycles. The van der Waals surface area contributed by atoms with Crippen LogP contribution in [0.1, 0.15) is 5.76 Å². The number of ether oxygens (including phenoxy) is 1. The third-order valence-corrected chi connectivity index (χ3v) is 3.92. The summed E-state index contributed by atoms with van der Waals surface area (Å²) in [4.78, 5) is 11.6. The molecule has 0 aliphatic carbocycles. The van der Waals surface area contributed by atoms with E-state index in [1.807, 2.05) is 24.6 Å². The van der Waals surface area contributed by atoms with Crippen LogP contribution in [0, 0.1) is 6.92 Å². The van der Waals surface area contributed by atoms with E-state index >= 15 is 0 Å². The van der Waals surface area contributed by atoms with Gasteiger partial charge < -0.3 is 19.0 Å². The van der Waals surface area contributed by atoms with Crippen molar-refractivity contribution in [2.24, 2.45) is 7.05 Å². The van der Waals surface area contributed by atoms with Gasteiger partial charge in [-0.25, -0.2) is 0 Å². The minimum absolute atomic E-state index is 0.0545.